The molecule has 0 aliphatic carbocycles. The summed E-state index contributed by atoms with van der Waals surface area (Å²) in [7, 11) is 0. The van der Waals surface area contributed by atoms with Gasteiger partial charge in [-0.1, -0.05) is 28.1 Å². The Balaban J connectivity index is 2.46. The van der Waals surface area contributed by atoms with Gasteiger partial charge < -0.3 is 5.73 Å². The first-order valence-corrected chi connectivity index (χ1v) is 5.25. The molecule has 3 N–H and O–H groups in total. The van der Waals surface area contributed by atoms with E-state index in [4.69, 9.17) is 5.73 Å². The molecule has 1 aromatic heterocycles. The van der Waals surface area contributed by atoms with Crippen LogP contribution in [-0.4, -0.2) is 10.2 Å². The summed E-state index contributed by atoms with van der Waals surface area (Å²) in [5.41, 5.74) is 7.04. The third-order valence-electron chi connectivity index (χ3n) is 2.22. The van der Waals surface area contributed by atoms with Crippen LogP contribution in [0.1, 0.15) is 12.0 Å². The fourth-order valence-corrected chi connectivity index (χ4v) is 1.95. The summed E-state index contributed by atoms with van der Waals surface area (Å²) in [5.74, 6) is 0.414. The number of rotatable bonds is 2. The van der Waals surface area contributed by atoms with Gasteiger partial charge in [-0.2, -0.15) is 5.10 Å². The highest BCUT2D eigenvalue weighted by molar-refractivity contribution is 9.10. The monoisotopic (exact) mass is 287 g/mol. The van der Waals surface area contributed by atoms with Gasteiger partial charge in [-0.05, 0) is 11.6 Å². The zero-order valence-electron chi connectivity index (χ0n) is 8.05. The van der Waals surface area contributed by atoms with Crippen molar-refractivity contribution in [3.05, 3.63) is 34.4 Å². The van der Waals surface area contributed by atoms with Crippen molar-refractivity contribution in [2.24, 2.45) is 0 Å². The smallest absolute Gasteiger partial charge is 0.264 e. The molecule has 0 radical (unpaired) electrons. The number of aromatic amines is 1. The van der Waals surface area contributed by atoms with Crippen molar-refractivity contribution >= 4 is 21.7 Å². The topological polar surface area (TPSA) is 54.7 Å². The number of nitrogens with two attached hydrogens (primary N) is 1. The Morgan fingerprint density at radius 2 is 2.12 bits per heavy atom. The van der Waals surface area contributed by atoms with E-state index in [9.17, 15) is 8.78 Å². The van der Waals surface area contributed by atoms with Gasteiger partial charge in [0.1, 0.15) is 5.82 Å². The Morgan fingerprint density at radius 3 is 2.62 bits per heavy atom. The average Bonchev–Trinajstić information content (AvgIpc) is 2.63. The molecule has 3 nitrogen and oxygen atoms in total. The Hall–Kier alpha value is -1.43. The van der Waals surface area contributed by atoms with Crippen LogP contribution in [0.25, 0.3) is 11.1 Å². The summed E-state index contributed by atoms with van der Waals surface area (Å²) < 4.78 is 25.4. The molecule has 0 amide bonds. The largest absolute Gasteiger partial charge is 0.384 e. The van der Waals surface area contributed by atoms with E-state index in [1.807, 2.05) is 0 Å². The molecule has 0 saturated carbocycles. The fraction of sp³-hybridized carbons (Fsp3) is 0.100. The van der Waals surface area contributed by atoms with Crippen LogP contribution in [0.5, 0.6) is 0 Å². The molecule has 84 valence electrons. The minimum Gasteiger partial charge on any atom is -0.384 e. The Labute approximate surface area is 98.8 Å². The molecule has 0 atom stereocenters. The van der Waals surface area contributed by atoms with Crippen LogP contribution < -0.4 is 5.73 Å². The lowest BCUT2D eigenvalue weighted by Gasteiger charge is -2.05. The third kappa shape index (κ3) is 1.92. The fourth-order valence-electron chi connectivity index (χ4n) is 1.40. The van der Waals surface area contributed by atoms with Gasteiger partial charge in [0.2, 0.25) is 0 Å². The van der Waals surface area contributed by atoms with Crippen LogP contribution in [0, 0.1) is 0 Å². The molecule has 1 heterocycles. The second kappa shape index (κ2) is 4.21. The lowest BCUT2D eigenvalue weighted by atomic mass is 10.1. The summed E-state index contributed by atoms with van der Waals surface area (Å²) >= 11 is 3.11. The predicted octanol–water partition coefficient (Wildman–Crippen LogP) is 3.36. The SMILES string of the molecule is Nc1[nH]ncc1-c1ccc(C(F)F)c(Br)c1. The molecule has 1 aromatic carbocycles. The van der Waals surface area contributed by atoms with Crippen LogP contribution in [0.3, 0.4) is 0 Å². The van der Waals surface area contributed by atoms with E-state index < -0.39 is 6.43 Å². The second-order valence-corrected chi connectivity index (χ2v) is 4.09. The first-order chi connectivity index (χ1) is 7.59. The van der Waals surface area contributed by atoms with Crippen LogP contribution in [0.15, 0.2) is 28.9 Å². The van der Waals surface area contributed by atoms with E-state index >= 15 is 0 Å². The number of alkyl halides is 2. The van der Waals surface area contributed by atoms with Gasteiger partial charge in [-0.3, -0.25) is 5.10 Å². The molecule has 0 bridgehead atoms. The van der Waals surface area contributed by atoms with Crippen molar-refractivity contribution < 1.29 is 8.78 Å². The minimum atomic E-state index is -2.50. The number of hydrogen-bond donors (Lipinski definition) is 2. The van der Waals surface area contributed by atoms with Gasteiger partial charge in [0, 0.05) is 15.6 Å². The van der Waals surface area contributed by atoms with E-state index in [1.54, 1.807) is 18.3 Å². The second-order valence-electron chi connectivity index (χ2n) is 3.23. The highest BCUT2D eigenvalue weighted by Gasteiger charge is 2.13. The van der Waals surface area contributed by atoms with Crippen molar-refractivity contribution in [3.63, 3.8) is 0 Å². The Bertz CT molecular complexity index is 511. The number of nitrogens with zero attached hydrogens (tertiary/aromatic N) is 1. The van der Waals surface area contributed by atoms with Crippen molar-refractivity contribution in [1.82, 2.24) is 10.2 Å². The zero-order chi connectivity index (χ0) is 11.7. The van der Waals surface area contributed by atoms with Crippen LogP contribution in [0.4, 0.5) is 14.6 Å². The van der Waals surface area contributed by atoms with Gasteiger partial charge in [-0.15, -0.1) is 0 Å². The molecule has 2 aromatic rings. The van der Waals surface area contributed by atoms with E-state index in [0.29, 0.717) is 15.9 Å². The summed E-state index contributed by atoms with van der Waals surface area (Å²) in [5, 5.41) is 6.36. The van der Waals surface area contributed by atoms with Crippen molar-refractivity contribution in [1.29, 1.82) is 0 Å². The maximum atomic E-state index is 12.5. The van der Waals surface area contributed by atoms with Crippen LogP contribution >= 0.6 is 15.9 Å². The van der Waals surface area contributed by atoms with Crippen molar-refractivity contribution in [2.75, 3.05) is 5.73 Å². The molecule has 16 heavy (non-hydrogen) atoms. The number of hydrogen-bond acceptors (Lipinski definition) is 2. The molecule has 0 fully saturated rings. The standard InChI is InChI=1S/C10H8BrF2N3/c11-8-3-5(1-2-6(8)9(12)13)7-4-15-16-10(7)14/h1-4,9H,(H3,14,15,16). The van der Waals surface area contributed by atoms with Gasteiger partial charge in [0.25, 0.3) is 6.43 Å². The van der Waals surface area contributed by atoms with E-state index in [-0.39, 0.29) is 5.56 Å². The van der Waals surface area contributed by atoms with Gasteiger partial charge in [0.15, 0.2) is 0 Å². The summed E-state index contributed by atoms with van der Waals surface area (Å²) in [6.45, 7) is 0. The van der Waals surface area contributed by atoms with Gasteiger partial charge >= 0.3 is 0 Å². The molecule has 0 aliphatic rings. The molecule has 6 heteroatoms. The highest BCUT2D eigenvalue weighted by Crippen LogP contribution is 2.32. The number of nitrogens with one attached hydrogen (secondary N) is 1. The van der Waals surface area contributed by atoms with Gasteiger partial charge in [0.05, 0.1) is 6.20 Å². The van der Waals surface area contributed by atoms with E-state index in [0.717, 1.165) is 5.56 Å². The quantitative estimate of drug-likeness (QED) is 0.890. The zero-order valence-corrected chi connectivity index (χ0v) is 9.63. The first kappa shape index (κ1) is 11.1. The average molecular weight is 288 g/mol. The highest BCUT2D eigenvalue weighted by atomic mass is 79.9. The third-order valence-corrected chi connectivity index (χ3v) is 2.90. The summed E-state index contributed by atoms with van der Waals surface area (Å²) in [6.07, 6.45) is -0.941. The normalized spacial score (nSPS) is 11.0. The van der Waals surface area contributed by atoms with E-state index in [1.165, 1.54) is 6.07 Å². The molecule has 0 spiro atoms. The molecule has 0 unspecified atom stereocenters. The Kier molecular flexibility index (Phi) is 2.91. The predicted molar refractivity (Wildman–Crippen MR) is 61.1 cm³/mol. The number of aromatic nitrogens is 2. The maximum absolute atomic E-state index is 12.5. The van der Waals surface area contributed by atoms with Gasteiger partial charge in [-0.25, -0.2) is 8.78 Å². The van der Waals surface area contributed by atoms with Crippen molar-refractivity contribution in [2.45, 2.75) is 6.43 Å². The number of nitrogen functional groups attached to an aromatic ring is 1. The van der Waals surface area contributed by atoms with E-state index in [2.05, 4.69) is 26.1 Å². The lowest BCUT2D eigenvalue weighted by Crippen LogP contribution is -1.90. The van der Waals surface area contributed by atoms with Crippen LogP contribution in [-0.2, 0) is 0 Å². The first-order valence-electron chi connectivity index (χ1n) is 4.46. The van der Waals surface area contributed by atoms with Crippen LogP contribution in [0.2, 0.25) is 0 Å². The minimum absolute atomic E-state index is 0.0363. The van der Waals surface area contributed by atoms with Crippen molar-refractivity contribution in [3.8, 4) is 11.1 Å². The number of halogens is 3. The summed E-state index contributed by atoms with van der Waals surface area (Å²) in [6, 6.07) is 4.56. The molecule has 0 saturated heterocycles. The maximum Gasteiger partial charge on any atom is 0.264 e. The Morgan fingerprint density at radius 1 is 1.38 bits per heavy atom. The molecular formula is C10H8BrF2N3. The number of anilines is 1. The summed E-state index contributed by atoms with van der Waals surface area (Å²) in [4.78, 5) is 0. The molecule has 2 rings (SSSR count). The number of benzene rings is 1. The molecule has 0 aliphatic heterocycles. The molecular weight excluding hydrogens is 280 g/mol. The number of H-pyrrole nitrogens is 1. The lowest BCUT2D eigenvalue weighted by molar-refractivity contribution is 0.150.